The van der Waals surface area contributed by atoms with Crippen LogP contribution in [-0.2, 0) is 6.54 Å². The zero-order valence-electron chi connectivity index (χ0n) is 14.1. The molecule has 1 N–H and O–H groups in total. The van der Waals surface area contributed by atoms with Crippen molar-refractivity contribution in [3.8, 4) is 0 Å². The van der Waals surface area contributed by atoms with E-state index in [9.17, 15) is 4.79 Å². The number of rotatable bonds is 6. The molecule has 2 aliphatic heterocycles. The Hall–Kier alpha value is -1.40. The van der Waals surface area contributed by atoms with E-state index in [-0.39, 0.29) is 5.91 Å². The van der Waals surface area contributed by atoms with Crippen LogP contribution >= 0.6 is 0 Å². The normalized spacial score (nSPS) is 20.9. The number of carbonyl (C=O) groups is 1. The molecule has 2 fully saturated rings. The molecule has 2 saturated heterocycles. The Kier molecular flexibility index (Phi) is 5.67. The van der Waals surface area contributed by atoms with E-state index in [1.807, 2.05) is 0 Å². The minimum atomic E-state index is -0.133. The van der Waals surface area contributed by atoms with Crippen LogP contribution in [0.5, 0.6) is 0 Å². The van der Waals surface area contributed by atoms with Crippen LogP contribution in [0.2, 0.25) is 0 Å². The summed E-state index contributed by atoms with van der Waals surface area (Å²) < 4.78 is 5.47. The lowest BCUT2D eigenvalue weighted by Gasteiger charge is -2.28. The fraction of sp³-hybridized carbons (Fsp3) is 0.765. The highest BCUT2D eigenvalue weighted by Crippen LogP contribution is 2.18. The molecule has 3 rings (SSSR count). The van der Waals surface area contributed by atoms with Crippen LogP contribution in [0.15, 0.2) is 10.7 Å². The number of carbonyl (C=O) groups excluding carboxylic acids is 1. The van der Waals surface area contributed by atoms with Gasteiger partial charge in [-0.1, -0.05) is 6.92 Å². The van der Waals surface area contributed by atoms with Crippen LogP contribution in [0.3, 0.4) is 0 Å². The third kappa shape index (κ3) is 4.78. The zero-order valence-corrected chi connectivity index (χ0v) is 14.1. The number of hydrogen-bond acceptors (Lipinski definition) is 5. The quantitative estimate of drug-likeness (QED) is 0.865. The number of nitrogens with zero attached hydrogens (tertiary/aromatic N) is 3. The van der Waals surface area contributed by atoms with Crippen molar-refractivity contribution >= 4 is 5.91 Å². The number of hydrogen-bond donors (Lipinski definition) is 1. The van der Waals surface area contributed by atoms with E-state index in [0.717, 1.165) is 38.6 Å². The van der Waals surface area contributed by atoms with E-state index >= 15 is 0 Å². The molecule has 23 heavy (non-hydrogen) atoms. The van der Waals surface area contributed by atoms with Gasteiger partial charge in [0.25, 0.3) is 5.91 Å². The Morgan fingerprint density at radius 3 is 2.74 bits per heavy atom. The van der Waals surface area contributed by atoms with E-state index in [1.165, 1.54) is 31.9 Å². The van der Waals surface area contributed by atoms with Crippen molar-refractivity contribution in [2.75, 3.05) is 39.3 Å². The topological polar surface area (TPSA) is 61.6 Å². The van der Waals surface area contributed by atoms with Crippen molar-refractivity contribution in [2.45, 2.75) is 39.2 Å². The maximum absolute atomic E-state index is 12.1. The number of aromatic nitrogens is 1. The molecule has 6 nitrogen and oxygen atoms in total. The van der Waals surface area contributed by atoms with Gasteiger partial charge in [-0.05, 0) is 57.8 Å². The van der Waals surface area contributed by atoms with E-state index in [2.05, 4.69) is 27.0 Å². The molecule has 3 heterocycles. The van der Waals surface area contributed by atoms with Crippen LogP contribution in [0.1, 0.15) is 49.0 Å². The number of nitrogens with one attached hydrogen (secondary N) is 1. The molecule has 1 amide bonds. The van der Waals surface area contributed by atoms with E-state index in [1.54, 1.807) is 0 Å². The molecule has 0 atom stereocenters. The van der Waals surface area contributed by atoms with Crippen molar-refractivity contribution < 1.29 is 9.21 Å². The summed E-state index contributed by atoms with van der Waals surface area (Å²) in [5, 5.41) is 2.93. The van der Waals surface area contributed by atoms with Gasteiger partial charge in [0.2, 0.25) is 5.89 Å². The summed E-state index contributed by atoms with van der Waals surface area (Å²) in [6.45, 7) is 9.06. The minimum absolute atomic E-state index is 0.133. The first-order chi connectivity index (χ1) is 11.2. The van der Waals surface area contributed by atoms with Crippen LogP contribution in [0.25, 0.3) is 0 Å². The predicted molar refractivity (Wildman–Crippen MR) is 88.2 cm³/mol. The number of amides is 1. The first kappa shape index (κ1) is 16.5. The maximum atomic E-state index is 12.1. The Balaban J connectivity index is 1.41. The molecule has 0 spiro atoms. The second-order valence-electron chi connectivity index (χ2n) is 6.89. The summed E-state index contributed by atoms with van der Waals surface area (Å²) >= 11 is 0. The number of oxazole rings is 1. The first-order valence-electron chi connectivity index (χ1n) is 8.88. The number of likely N-dealkylation sites (tertiary alicyclic amines) is 2. The SMILES string of the molecule is CC1CCN(Cc2nc(C(=O)NCCN3CCCC3)co2)CC1. The summed E-state index contributed by atoms with van der Waals surface area (Å²) in [4.78, 5) is 21.2. The van der Waals surface area contributed by atoms with Gasteiger partial charge in [0.05, 0.1) is 6.54 Å². The van der Waals surface area contributed by atoms with Crippen molar-refractivity contribution in [1.29, 1.82) is 0 Å². The third-order valence-electron chi connectivity index (χ3n) is 4.93. The maximum Gasteiger partial charge on any atom is 0.273 e. The Morgan fingerprint density at radius 1 is 1.26 bits per heavy atom. The molecule has 1 aromatic rings. The van der Waals surface area contributed by atoms with Crippen molar-refractivity contribution in [3.63, 3.8) is 0 Å². The van der Waals surface area contributed by atoms with Gasteiger partial charge >= 0.3 is 0 Å². The van der Waals surface area contributed by atoms with E-state index in [4.69, 9.17) is 4.42 Å². The van der Waals surface area contributed by atoms with Crippen LogP contribution in [0, 0.1) is 5.92 Å². The molecule has 2 aliphatic rings. The minimum Gasteiger partial charge on any atom is -0.447 e. The van der Waals surface area contributed by atoms with Crippen LogP contribution < -0.4 is 5.32 Å². The van der Waals surface area contributed by atoms with Crippen LogP contribution in [0.4, 0.5) is 0 Å². The average Bonchev–Trinajstić information content (AvgIpc) is 3.21. The lowest BCUT2D eigenvalue weighted by molar-refractivity contribution is 0.0944. The molecular formula is C17H28N4O2. The molecule has 0 unspecified atom stereocenters. The highest BCUT2D eigenvalue weighted by atomic mass is 16.3. The molecular weight excluding hydrogens is 292 g/mol. The fourth-order valence-electron chi connectivity index (χ4n) is 3.32. The van der Waals surface area contributed by atoms with Gasteiger partial charge in [-0.2, -0.15) is 0 Å². The monoisotopic (exact) mass is 320 g/mol. The van der Waals surface area contributed by atoms with Crippen molar-refractivity contribution in [2.24, 2.45) is 5.92 Å². The Labute approximate surface area is 138 Å². The third-order valence-corrected chi connectivity index (χ3v) is 4.93. The second kappa shape index (κ2) is 7.93. The van der Waals surface area contributed by atoms with Crippen molar-refractivity contribution in [1.82, 2.24) is 20.1 Å². The number of piperidine rings is 1. The molecule has 0 bridgehead atoms. The van der Waals surface area contributed by atoms with Gasteiger partial charge in [0.1, 0.15) is 6.26 Å². The molecule has 0 aliphatic carbocycles. The Morgan fingerprint density at radius 2 is 2.00 bits per heavy atom. The summed E-state index contributed by atoms with van der Waals surface area (Å²) in [6, 6.07) is 0. The second-order valence-corrected chi connectivity index (χ2v) is 6.89. The van der Waals surface area contributed by atoms with Gasteiger partial charge in [-0.15, -0.1) is 0 Å². The van der Waals surface area contributed by atoms with Gasteiger partial charge in [0.15, 0.2) is 5.69 Å². The zero-order chi connectivity index (χ0) is 16.1. The van der Waals surface area contributed by atoms with Gasteiger partial charge in [-0.3, -0.25) is 9.69 Å². The first-order valence-corrected chi connectivity index (χ1v) is 8.88. The van der Waals surface area contributed by atoms with Gasteiger partial charge in [0, 0.05) is 13.1 Å². The molecule has 6 heteroatoms. The van der Waals surface area contributed by atoms with Crippen LogP contribution in [-0.4, -0.2) is 60.0 Å². The summed E-state index contributed by atoms with van der Waals surface area (Å²) in [7, 11) is 0. The van der Waals surface area contributed by atoms with Gasteiger partial charge < -0.3 is 14.6 Å². The molecule has 0 saturated carbocycles. The molecule has 128 valence electrons. The Bertz CT molecular complexity index is 502. The average molecular weight is 320 g/mol. The van der Waals surface area contributed by atoms with E-state index in [0.29, 0.717) is 24.7 Å². The van der Waals surface area contributed by atoms with E-state index < -0.39 is 0 Å². The summed E-state index contributed by atoms with van der Waals surface area (Å²) in [5.41, 5.74) is 0.395. The predicted octanol–water partition coefficient (Wildman–Crippen LogP) is 1.73. The highest BCUT2D eigenvalue weighted by Gasteiger charge is 2.19. The fourth-order valence-corrected chi connectivity index (χ4v) is 3.32. The van der Waals surface area contributed by atoms with Gasteiger partial charge in [-0.25, -0.2) is 4.98 Å². The smallest absolute Gasteiger partial charge is 0.273 e. The highest BCUT2D eigenvalue weighted by molar-refractivity contribution is 5.91. The lowest BCUT2D eigenvalue weighted by Crippen LogP contribution is -2.34. The van der Waals surface area contributed by atoms with Crippen molar-refractivity contribution in [3.05, 3.63) is 17.8 Å². The molecule has 0 radical (unpaired) electrons. The molecule has 1 aromatic heterocycles. The summed E-state index contributed by atoms with van der Waals surface area (Å²) in [5.74, 6) is 1.32. The standard InChI is InChI=1S/C17H28N4O2/c1-14-4-9-21(10-5-14)12-16-19-15(13-23-16)17(22)18-6-11-20-7-2-3-8-20/h13-14H,2-12H2,1H3,(H,18,22). The largest absolute Gasteiger partial charge is 0.447 e. The summed E-state index contributed by atoms with van der Waals surface area (Å²) in [6.07, 6.45) is 6.48. The lowest BCUT2D eigenvalue weighted by atomic mass is 9.99. The molecule has 0 aromatic carbocycles.